The van der Waals surface area contributed by atoms with Crippen LogP contribution in [0.3, 0.4) is 0 Å². The standard InChI is InChI=1S/C13H10ClN3OS/c14-10-3-4-11(13-9(10)2-1-6-16-13)17-12(18)8-19-7-5-15/h1-4,6H,7-8H2,(H,17,18). The lowest BCUT2D eigenvalue weighted by molar-refractivity contribution is -0.113. The molecule has 2 aromatic rings. The van der Waals surface area contributed by atoms with Crippen molar-refractivity contribution < 1.29 is 4.79 Å². The van der Waals surface area contributed by atoms with Gasteiger partial charge in [-0.05, 0) is 24.3 Å². The maximum Gasteiger partial charge on any atom is 0.234 e. The fourth-order valence-electron chi connectivity index (χ4n) is 1.61. The molecule has 0 aliphatic heterocycles. The summed E-state index contributed by atoms with van der Waals surface area (Å²) in [6.45, 7) is 0. The molecule has 1 aromatic carbocycles. The van der Waals surface area contributed by atoms with E-state index in [-0.39, 0.29) is 11.7 Å². The van der Waals surface area contributed by atoms with Crippen LogP contribution in [0, 0.1) is 11.3 Å². The smallest absolute Gasteiger partial charge is 0.234 e. The largest absolute Gasteiger partial charge is 0.323 e. The molecule has 0 unspecified atom stereocenters. The predicted octanol–water partition coefficient (Wildman–Crippen LogP) is 3.08. The summed E-state index contributed by atoms with van der Waals surface area (Å²) in [5.41, 5.74) is 1.29. The third-order valence-corrected chi connectivity index (χ3v) is 3.52. The molecule has 0 bridgehead atoms. The van der Waals surface area contributed by atoms with E-state index < -0.39 is 0 Å². The van der Waals surface area contributed by atoms with E-state index in [2.05, 4.69) is 10.3 Å². The van der Waals surface area contributed by atoms with Gasteiger partial charge in [-0.15, -0.1) is 11.8 Å². The molecule has 0 saturated heterocycles. The highest BCUT2D eigenvalue weighted by molar-refractivity contribution is 8.00. The molecular formula is C13H10ClN3OS. The van der Waals surface area contributed by atoms with Crippen molar-refractivity contribution in [1.29, 1.82) is 5.26 Å². The summed E-state index contributed by atoms with van der Waals surface area (Å²) in [5.74, 6) is 0.381. The number of aromatic nitrogens is 1. The van der Waals surface area contributed by atoms with Crippen LogP contribution >= 0.6 is 23.4 Å². The summed E-state index contributed by atoms with van der Waals surface area (Å²) in [5, 5.41) is 12.6. The first-order valence-corrected chi connectivity index (χ1v) is 7.03. The Bertz CT molecular complexity index is 654. The maximum absolute atomic E-state index is 11.7. The Hall–Kier alpha value is -1.77. The monoisotopic (exact) mass is 291 g/mol. The third kappa shape index (κ3) is 3.37. The van der Waals surface area contributed by atoms with Crippen LogP contribution in [0.2, 0.25) is 5.02 Å². The number of benzene rings is 1. The number of pyridine rings is 1. The van der Waals surface area contributed by atoms with Gasteiger partial charge in [0.25, 0.3) is 0 Å². The van der Waals surface area contributed by atoms with Gasteiger partial charge in [0.05, 0.1) is 33.8 Å². The van der Waals surface area contributed by atoms with Gasteiger partial charge in [0.15, 0.2) is 0 Å². The van der Waals surface area contributed by atoms with Crippen LogP contribution in [-0.2, 0) is 4.79 Å². The quantitative estimate of drug-likeness (QED) is 0.879. The van der Waals surface area contributed by atoms with Crippen molar-refractivity contribution in [1.82, 2.24) is 4.98 Å². The number of anilines is 1. The van der Waals surface area contributed by atoms with Crippen molar-refractivity contribution >= 4 is 45.9 Å². The van der Waals surface area contributed by atoms with E-state index in [0.717, 1.165) is 5.39 Å². The van der Waals surface area contributed by atoms with Gasteiger partial charge in [0.1, 0.15) is 0 Å². The number of nitrogens with zero attached hydrogens (tertiary/aromatic N) is 2. The topological polar surface area (TPSA) is 65.8 Å². The molecule has 1 N–H and O–H groups in total. The van der Waals surface area contributed by atoms with E-state index in [1.54, 1.807) is 24.4 Å². The number of nitrogens with one attached hydrogen (secondary N) is 1. The molecule has 0 atom stereocenters. The van der Waals surface area contributed by atoms with E-state index >= 15 is 0 Å². The molecule has 19 heavy (non-hydrogen) atoms. The van der Waals surface area contributed by atoms with Crippen molar-refractivity contribution in [2.75, 3.05) is 16.8 Å². The molecule has 0 fully saturated rings. The number of rotatable bonds is 4. The maximum atomic E-state index is 11.7. The number of hydrogen-bond donors (Lipinski definition) is 1. The predicted molar refractivity (Wildman–Crippen MR) is 78.3 cm³/mol. The zero-order valence-electron chi connectivity index (χ0n) is 9.89. The molecule has 0 aliphatic carbocycles. The molecule has 0 aliphatic rings. The molecule has 1 aromatic heterocycles. The van der Waals surface area contributed by atoms with Crippen molar-refractivity contribution in [2.45, 2.75) is 0 Å². The molecule has 2 rings (SSSR count). The first-order chi connectivity index (χ1) is 9.22. The number of hydrogen-bond acceptors (Lipinski definition) is 4. The molecule has 4 nitrogen and oxygen atoms in total. The van der Waals surface area contributed by atoms with Gasteiger partial charge in [-0.2, -0.15) is 5.26 Å². The van der Waals surface area contributed by atoms with Gasteiger partial charge in [-0.1, -0.05) is 11.6 Å². The first kappa shape index (κ1) is 13.7. The van der Waals surface area contributed by atoms with Gasteiger partial charge in [-0.25, -0.2) is 0 Å². The SMILES string of the molecule is N#CCSCC(=O)Nc1ccc(Cl)c2cccnc12. The Morgan fingerprint density at radius 1 is 1.47 bits per heavy atom. The minimum atomic E-state index is -0.158. The summed E-state index contributed by atoms with van der Waals surface area (Å²) >= 11 is 7.34. The average molecular weight is 292 g/mol. The van der Waals surface area contributed by atoms with Gasteiger partial charge < -0.3 is 5.32 Å². The van der Waals surface area contributed by atoms with Gasteiger partial charge in [-0.3, -0.25) is 9.78 Å². The van der Waals surface area contributed by atoms with Crippen LogP contribution in [-0.4, -0.2) is 22.4 Å². The Morgan fingerprint density at radius 2 is 2.32 bits per heavy atom. The fourth-order valence-corrected chi connectivity index (χ4v) is 2.28. The highest BCUT2D eigenvalue weighted by Gasteiger charge is 2.08. The van der Waals surface area contributed by atoms with Gasteiger partial charge in [0.2, 0.25) is 5.91 Å². The summed E-state index contributed by atoms with van der Waals surface area (Å²) in [6.07, 6.45) is 1.65. The van der Waals surface area contributed by atoms with E-state index in [0.29, 0.717) is 22.0 Å². The zero-order valence-corrected chi connectivity index (χ0v) is 11.5. The van der Waals surface area contributed by atoms with Crippen LogP contribution in [0.25, 0.3) is 10.9 Å². The lowest BCUT2D eigenvalue weighted by Crippen LogP contribution is -2.14. The lowest BCUT2D eigenvalue weighted by Gasteiger charge is -2.08. The summed E-state index contributed by atoms with van der Waals surface area (Å²) in [4.78, 5) is 15.9. The molecule has 96 valence electrons. The van der Waals surface area contributed by atoms with Crippen LogP contribution in [0.15, 0.2) is 30.5 Å². The van der Waals surface area contributed by atoms with Crippen LogP contribution in [0.5, 0.6) is 0 Å². The highest BCUT2D eigenvalue weighted by atomic mass is 35.5. The summed E-state index contributed by atoms with van der Waals surface area (Å²) in [7, 11) is 0. The van der Waals surface area contributed by atoms with Crippen molar-refractivity contribution in [3.05, 3.63) is 35.5 Å². The number of amides is 1. The Morgan fingerprint density at radius 3 is 3.11 bits per heavy atom. The van der Waals surface area contributed by atoms with E-state index in [4.69, 9.17) is 16.9 Å². The van der Waals surface area contributed by atoms with Crippen molar-refractivity contribution in [2.24, 2.45) is 0 Å². The Labute approximate surface area is 119 Å². The number of carbonyl (C=O) groups is 1. The Kier molecular flexibility index (Phi) is 4.61. The zero-order chi connectivity index (χ0) is 13.7. The number of fused-ring (bicyclic) bond motifs is 1. The summed E-state index contributed by atoms with van der Waals surface area (Å²) in [6, 6.07) is 9.08. The molecular weight excluding hydrogens is 282 g/mol. The van der Waals surface area contributed by atoms with Crippen LogP contribution < -0.4 is 5.32 Å². The molecule has 1 heterocycles. The van der Waals surface area contributed by atoms with Gasteiger partial charge in [0, 0.05) is 11.6 Å². The minimum absolute atomic E-state index is 0.158. The van der Waals surface area contributed by atoms with Crippen molar-refractivity contribution in [3.63, 3.8) is 0 Å². The van der Waals surface area contributed by atoms with E-state index in [1.165, 1.54) is 11.8 Å². The highest BCUT2D eigenvalue weighted by Crippen LogP contribution is 2.27. The molecule has 0 radical (unpaired) electrons. The number of nitriles is 1. The van der Waals surface area contributed by atoms with Gasteiger partial charge >= 0.3 is 0 Å². The van der Waals surface area contributed by atoms with Crippen LogP contribution in [0.4, 0.5) is 5.69 Å². The average Bonchev–Trinajstić information content (AvgIpc) is 2.43. The number of carbonyl (C=O) groups excluding carboxylic acids is 1. The van der Waals surface area contributed by atoms with E-state index in [1.807, 2.05) is 12.1 Å². The van der Waals surface area contributed by atoms with Crippen molar-refractivity contribution in [3.8, 4) is 6.07 Å². The first-order valence-electron chi connectivity index (χ1n) is 5.50. The number of thioether (sulfide) groups is 1. The molecule has 6 heteroatoms. The summed E-state index contributed by atoms with van der Waals surface area (Å²) < 4.78 is 0. The third-order valence-electron chi connectivity index (χ3n) is 2.39. The molecule has 0 spiro atoms. The molecule has 0 saturated carbocycles. The molecule has 1 amide bonds. The lowest BCUT2D eigenvalue weighted by atomic mass is 10.2. The second-order valence-electron chi connectivity index (χ2n) is 3.69. The van der Waals surface area contributed by atoms with E-state index in [9.17, 15) is 4.79 Å². The number of halogens is 1. The normalized spacial score (nSPS) is 10.1. The Balaban J connectivity index is 2.20. The second-order valence-corrected chi connectivity index (χ2v) is 5.09. The minimum Gasteiger partial charge on any atom is -0.323 e. The second kappa shape index (κ2) is 6.41. The fraction of sp³-hybridized carbons (Fsp3) is 0.154. The van der Waals surface area contributed by atoms with Crippen LogP contribution in [0.1, 0.15) is 0 Å².